The van der Waals surface area contributed by atoms with Gasteiger partial charge in [0.15, 0.2) is 0 Å². The van der Waals surface area contributed by atoms with E-state index in [1.54, 1.807) is 18.2 Å². The van der Waals surface area contributed by atoms with E-state index in [4.69, 9.17) is 26.1 Å². The second-order valence-electron chi connectivity index (χ2n) is 8.77. The van der Waals surface area contributed by atoms with Crippen molar-refractivity contribution in [1.82, 2.24) is 15.3 Å². The van der Waals surface area contributed by atoms with E-state index in [9.17, 15) is 9.90 Å². The van der Waals surface area contributed by atoms with Gasteiger partial charge in [0.25, 0.3) is 0 Å². The highest BCUT2D eigenvalue weighted by Gasteiger charge is 2.35. The van der Waals surface area contributed by atoms with Crippen LogP contribution in [0, 0.1) is 6.92 Å². The summed E-state index contributed by atoms with van der Waals surface area (Å²) in [5, 5.41) is 13.9. The minimum absolute atomic E-state index is 0.101. The van der Waals surface area contributed by atoms with E-state index >= 15 is 0 Å². The number of aliphatic hydroxyl groups excluding tert-OH is 1. The maximum atomic E-state index is 12.7. The molecule has 0 bridgehead atoms. The van der Waals surface area contributed by atoms with Crippen molar-refractivity contribution in [2.45, 2.75) is 18.9 Å². The molecule has 0 spiro atoms. The Hall–Kier alpha value is -3.14. The lowest BCUT2D eigenvalue weighted by molar-refractivity contribution is -0.119. The normalized spacial score (nSPS) is 20.5. The number of carbonyl (C=O) groups excluding carboxylic acids is 1. The minimum atomic E-state index is -0.865. The smallest absolute Gasteiger partial charge is 0.236 e. The second-order valence-corrected chi connectivity index (χ2v) is 9.18. The number of amides is 1. The van der Waals surface area contributed by atoms with Crippen molar-refractivity contribution in [3.8, 4) is 5.75 Å². The number of ether oxygens (including phenoxy) is 2. The number of aromatic amines is 1. The largest absolute Gasteiger partial charge is 0.495 e. The Labute approximate surface area is 208 Å². The van der Waals surface area contributed by atoms with Crippen molar-refractivity contribution in [3.63, 3.8) is 0 Å². The zero-order valence-electron chi connectivity index (χ0n) is 19.7. The maximum Gasteiger partial charge on any atom is 0.236 e. The average molecular weight is 498 g/mol. The zero-order valence-corrected chi connectivity index (χ0v) is 20.4. The molecule has 35 heavy (non-hydrogen) atoms. The summed E-state index contributed by atoms with van der Waals surface area (Å²) >= 11 is 6.19. The van der Waals surface area contributed by atoms with Crippen molar-refractivity contribution >= 4 is 39.9 Å². The number of fused-ring (bicyclic) bond motifs is 1. The molecule has 0 aliphatic carbocycles. The topological polar surface area (TPSA) is 112 Å². The Morgan fingerprint density at radius 3 is 2.86 bits per heavy atom. The lowest BCUT2D eigenvalue weighted by Crippen LogP contribution is -2.36. The molecule has 2 unspecified atom stereocenters. The van der Waals surface area contributed by atoms with Gasteiger partial charge in [-0.05, 0) is 42.3 Å². The van der Waals surface area contributed by atoms with E-state index < -0.39 is 12.0 Å². The number of halogens is 1. The summed E-state index contributed by atoms with van der Waals surface area (Å²) in [7, 11) is 1.54. The van der Waals surface area contributed by atoms with Crippen LogP contribution in [0.5, 0.6) is 5.75 Å². The molecular weight excluding hydrogens is 470 g/mol. The zero-order chi connectivity index (χ0) is 24.5. The summed E-state index contributed by atoms with van der Waals surface area (Å²) in [5.74, 6) is 0.311. The van der Waals surface area contributed by atoms with Crippen molar-refractivity contribution in [1.29, 1.82) is 0 Å². The summed E-state index contributed by atoms with van der Waals surface area (Å²) in [4.78, 5) is 27.7. The third-order valence-corrected chi connectivity index (χ3v) is 6.79. The molecule has 2 aliphatic rings. The number of nitrogens with one attached hydrogen (secondary N) is 2. The summed E-state index contributed by atoms with van der Waals surface area (Å²) in [6.45, 7) is 5.55. The van der Waals surface area contributed by atoms with Gasteiger partial charge >= 0.3 is 0 Å². The van der Waals surface area contributed by atoms with Crippen molar-refractivity contribution in [3.05, 3.63) is 52.3 Å². The van der Waals surface area contributed by atoms with Gasteiger partial charge in [-0.25, -0.2) is 4.98 Å². The number of hydrogen-bond donors (Lipinski definition) is 3. The SMILES string of the molecule is COc1ccc(C(O)CN=C2CNC(=O)C2c2nc3c(C)cc(N4CCOCC4)cc3[nH]2)cc1Cl. The van der Waals surface area contributed by atoms with Gasteiger partial charge in [-0.2, -0.15) is 0 Å². The van der Waals surface area contributed by atoms with E-state index in [2.05, 4.69) is 32.3 Å². The first-order valence-corrected chi connectivity index (χ1v) is 12.0. The number of methoxy groups -OCH3 is 1. The first-order valence-electron chi connectivity index (χ1n) is 11.6. The number of anilines is 1. The molecule has 2 aromatic carbocycles. The van der Waals surface area contributed by atoms with Crippen LogP contribution in [0.4, 0.5) is 5.69 Å². The molecular formula is C25H28ClN5O4. The number of imidazole rings is 1. The predicted octanol–water partition coefficient (Wildman–Crippen LogP) is 2.76. The van der Waals surface area contributed by atoms with Gasteiger partial charge in [0.05, 0.1) is 61.3 Å². The highest BCUT2D eigenvalue weighted by Crippen LogP contribution is 2.30. The number of carbonyl (C=O) groups is 1. The standard InChI is InChI=1S/C25H28ClN5O4/c1-14-9-16(31-5-7-35-8-6-31)11-18-23(14)30-24(29-18)22-19(12-28-25(22)33)27-13-20(32)15-3-4-21(34-2)17(26)10-15/h3-4,9-11,20,22,32H,5-8,12-13H2,1-2H3,(H,28,33)(H,29,30). The predicted molar refractivity (Wildman–Crippen MR) is 135 cm³/mol. The Morgan fingerprint density at radius 2 is 2.11 bits per heavy atom. The molecule has 2 fully saturated rings. The van der Waals surface area contributed by atoms with Crippen LogP contribution in [-0.4, -0.2) is 73.2 Å². The Kier molecular flexibility index (Phi) is 6.64. The fraction of sp³-hybridized carbons (Fsp3) is 0.400. The number of rotatable bonds is 6. The molecule has 0 saturated carbocycles. The quantitative estimate of drug-likeness (QED) is 0.483. The molecule has 3 aromatic rings. The van der Waals surface area contributed by atoms with E-state index in [0.717, 1.165) is 35.4 Å². The molecule has 3 heterocycles. The van der Waals surface area contributed by atoms with E-state index in [0.29, 0.717) is 47.6 Å². The van der Waals surface area contributed by atoms with Crippen LogP contribution < -0.4 is 15.0 Å². The molecule has 2 aliphatic heterocycles. The monoisotopic (exact) mass is 497 g/mol. The number of aryl methyl sites for hydroxylation is 1. The van der Waals surface area contributed by atoms with Crippen LogP contribution in [-0.2, 0) is 9.53 Å². The third kappa shape index (κ3) is 4.71. The van der Waals surface area contributed by atoms with Crippen LogP contribution in [0.1, 0.15) is 29.0 Å². The Bertz CT molecular complexity index is 1280. The van der Waals surface area contributed by atoms with Gasteiger partial charge in [0.2, 0.25) is 5.91 Å². The Balaban J connectivity index is 1.39. The first kappa shape index (κ1) is 23.6. The van der Waals surface area contributed by atoms with Crippen molar-refractivity contribution < 1.29 is 19.4 Å². The van der Waals surface area contributed by atoms with Crippen LogP contribution >= 0.6 is 11.6 Å². The van der Waals surface area contributed by atoms with E-state index in [-0.39, 0.29) is 12.5 Å². The average Bonchev–Trinajstić information content (AvgIpc) is 3.46. The third-order valence-electron chi connectivity index (χ3n) is 6.50. The lowest BCUT2D eigenvalue weighted by atomic mass is 10.1. The molecule has 184 valence electrons. The molecule has 3 N–H and O–H groups in total. The highest BCUT2D eigenvalue weighted by molar-refractivity contribution is 6.32. The minimum Gasteiger partial charge on any atom is -0.495 e. The molecule has 2 saturated heterocycles. The summed E-state index contributed by atoms with van der Waals surface area (Å²) in [6, 6.07) is 9.32. The number of benzene rings is 2. The molecule has 0 radical (unpaired) electrons. The molecule has 1 amide bonds. The van der Waals surface area contributed by atoms with Gasteiger partial charge in [0.1, 0.15) is 17.5 Å². The summed E-state index contributed by atoms with van der Waals surface area (Å²) in [6.07, 6.45) is -0.865. The number of H-pyrrole nitrogens is 1. The van der Waals surface area contributed by atoms with Gasteiger partial charge in [-0.3, -0.25) is 9.79 Å². The van der Waals surface area contributed by atoms with Crippen molar-refractivity contribution in [2.24, 2.45) is 4.99 Å². The van der Waals surface area contributed by atoms with Gasteiger partial charge in [-0.15, -0.1) is 0 Å². The van der Waals surface area contributed by atoms with Crippen LogP contribution in [0.3, 0.4) is 0 Å². The number of aliphatic imine (C=N–C) groups is 1. The number of hydrogen-bond acceptors (Lipinski definition) is 7. The molecule has 1 aromatic heterocycles. The number of nitrogens with zero attached hydrogens (tertiary/aromatic N) is 3. The van der Waals surface area contributed by atoms with Gasteiger partial charge in [-0.1, -0.05) is 17.7 Å². The van der Waals surface area contributed by atoms with Gasteiger partial charge in [0, 0.05) is 18.8 Å². The lowest BCUT2D eigenvalue weighted by Gasteiger charge is -2.29. The van der Waals surface area contributed by atoms with Gasteiger partial charge < -0.3 is 29.8 Å². The number of aliphatic hydroxyl groups is 1. The Morgan fingerprint density at radius 1 is 1.31 bits per heavy atom. The molecule has 5 rings (SSSR count). The van der Waals surface area contributed by atoms with Crippen LogP contribution in [0.2, 0.25) is 5.02 Å². The molecule has 9 nitrogen and oxygen atoms in total. The summed E-state index contributed by atoms with van der Waals surface area (Å²) < 4.78 is 10.6. The number of aromatic nitrogens is 2. The first-order chi connectivity index (χ1) is 16.9. The maximum absolute atomic E-state index is 12.7. The van der Waals surface area contributed by atoms with Crippen LogP contribution in [0.25, 0.3) is 11.0 Å². The van der Waals surface area contributed by atoms with Crippen LogP contribution in [0.15, 0.2) is 35.3 Å². The fourth-order valence-corrected chi connectivity index (χ4v) is 4.86. The summed E-state index contributed by atoms with van der Waals surface area (Å²) in [5.41, 5.74) is 5.13. The fourth-order valence-electron chi connectivity index (χ4n) is 4.59. The van der Waals surface area contributed by atoms with E-state index in [1.807, 2.05) is 6.92 Å². The van der Waals surface area contributed by atoms with E-state index in [1.165, 1.54) is 7.11 Å². The second kappa shape index (κ2) is 9.85. The molecule has 10 heteroatoms. The highest BCUT2D eigenvalue weighted by atomic mass is 35.5. The van der Waals surface area contributed by atoms with Crippen molar-refractivity contribution in [2.75, 3.05) is 51.4 Å². The number of morpholine rings is 1. The molecule has 2 atom stereocenters.